The summed E-state index contributed by atoms with van der Waals surface area (Å²) in [5.74, 6) is 2.18. The zero-order valence-electron chi connectivity index (χ0n) is 25.5. The van der Waals surface area contributed by atoms with Gasteiger partial charge in [-0.1, -0.05) is 71.9 Å². The Morgan fingerprint density at radius 3 is 2.15 bits per heavy atom. The maximum Gasteiger partial charge on any atom is 0.193 e. The van der Waals surface area contributed by atoms with E-state index in [0.717, 1.165) is 36.1 Å². The molecule has 0 atom stereocenters. The molecule has 0 aliphatic carbocycles. The van der Waals surface area contributed by atoms with Gasteiger partial charge in [-0.05, 0) is 43.5 Å². The van der Waals surface area contributed by atoms with E-state index >= 15 is 0 Å². The van der Waals surface area contributed by atoms with Crippen LogP contribution in [0.4, 0.5) is 0 Å². The Morgan fingerprint density at radius 1 is 0.660 bits per heavy atom. The molecule has 3 heterocycles. The molecule has 3 aromatic heterocycles. The van der Waals surface area contributed by atoms with E-state index in [-0.39, 0.29) is 10.9 Å². The van der Waals surface area contributed by atoms with Crippen molar-refractivity contribution in [3.63, 3.8) is 0 Å². The van der Waals surface area contributed by atoms with Crippen LogP contribution in [0, 0.1) is 0 Å². The molecule has 47 heavy (non-hydrogen) atoms. The van der Waals surface area contributed by atoms with Crippen LogP contribution in [0.25, 0.3) is 44.6 Å². The Balaban J connectivity index is 0.902. The van der Waals surface area contributed by atoms with Crippen LogP contribution in [0.3, 0.4) is 0 Å². The average Bonchev–Trinajstić information content (AvgIpc) is 3.56. The minimum atomic E-state index is -0.120. The van der Waals surface area contributed by atoms with Crippen molar-refractivity contribution < 1.29 is 18.3 Å². The Hall–Kier alpha value is -5.96. The third-order valence-electron chi connectivity index (χ3n) is 7.80. The highest BCUT2D eigenvalue weighted by molar-refractivity contribution is 5.84. The average molecular weight is 626 g/mol. The summed E-state index contributed by atoms with van der Waals surface area (Å²) in [6.45, 7) is 1.33. The van der Waals surface area contributed by atoms with E-state index in [1.165, 1.54) is 12.1 Å². The highest BCUT2D eigenvalue weighted by Gasteiger charge is 2.12. The van der Waals surface area contributed by atoms with Crippen molar-refractivity contribution in [3.8, 4) is 34.1 Å². The third kappa shape index (κ3) is 6.84. The van der Waals surface area contributed by atoms with Gasteiger partial charge in [-0.3, -0.25) is 9.59 Å². The quantitative estimate of drug-likeness (QED) is 0.130. The summed E-state index contributed by atoms with van der Waals surface area (Å²) < 4.78 is 25.9. The monoisotopic (exact) mass is 625 g/mol. The van der Waals surface area contributed by atoms with Gasteiger partial charge in [0, 0.05) is 35.5 Å². The number of hydrogen-bond donors (Lipinski definition) is 0. The number of rotatable bonds is 12. The number of nitrogens with zero attached hydrogens (tertiary/aromatic N) is 3. The van der Waals surface area contributed by atoms with Gasteiger partial charge in [0.1, 0.15) is 29.5 Å². The molecular weight excluding hydrogens is 594 g/mol. The van der Waals surface area contributed by atoms with Crippen molar-refractivity contribution >= 4 is 21.9 Å². The molecule has 7 aromatic rings. The number of para-hydroxylation sites is 1. The first-order valence-corrected chi connectivity index (χ1v) is 15.5. The predicted molar refractivity (Wildman–Crippen MR) is 180 cm³/mol. The number of ether oxygens (including phenoxy) is 2. The fraction of sp³-hybridized carbons (Fsp3) is 0.158. The number of fused-ring (bicyclic) bond motifs is 2. The first-order chi connectivity index (χ1) is 23.1. The number of unbranched alkanes of at least 4 members (excludes halogenated alkanes) is 1. The van der Waals surface area contributed by atoms with Gasteiger partial charge in [0.05, 0.1) is 29.6 Å². The molecule has 0 aliphatic heterocycles. The van der Waals surface area contributed by atoms with Crippen LogP contribution in [0.15, 0.2) is 134 Å². The minimum absolute atomic E-state index is 0.0874. The number of aromatic nitrogens is 3. The van der Waals surface area contributed by atoms with E-state index in [0.29, 0.717) is 64.7 Å². The molecule has 0 unspecified atom stereocenters. The molecule has 9 nitrogen and oxygen atoms in total. The maximum absolute atomic E-state index is 12.8. The van der Waals surface area contributed by atoms with E-state index in [2.05, 4.69) is 10.3 Å². The van der Waals surface area contributed by atoms with Crippen molar-refractivity contribution in [2.24, 2.45) is 0 Å². The molecular formula is C38H31N3O6. The fourth-order valence-electron chi connectivity index (χ4n) is 5.39. The second-order valence-corrected chi connectivity index (χ2v) is 11.1. The summed E-state index contributed by atoms with van der Waals surface area (Å²) in [6, 6.07) is 32.7. The lowest BCUT2D eigenvalue weighted by molar-refractivity contribution is 0.289. The molecule has 4 aromatic carbocycles. The van der Waals surface area contributed by atoms with Crippen LogP contribution < -0.4 is 20.3 Å². The smallest absolute Gasteiger partial charge is 0.193 e. The van der Waals surface area contributed by atoms with Gasteiger partial charge < -0.3 is 18.3 Å². The van der Waals surface area contributed by atoms with Crippen molar-refractivity contribution in [2.75, 3.05) is 13.2 Å². The Labute approximate surface area is 269 Å². The maximum atomic E-state index is 12.8. The van der Waals surface area contributed by atoms with E-state index in [9.17, 15) is 9.59 Å². The van der Waals surface area contributed by atoms with Gasteiger partial charge in [0.15, 0.2) is 22.2 Å². The first-order valence-electron chi connectivity index (χ1n) is 15.5. The van der Waals surface area contributed by atoms with Gasteiger partial charge in [-0.2, -0.15) is 0 Å². The lowest BCUT2D eigenvalue weighted by Crippen LogP contribution is -2.09. The van der Waals surface area contributed by atoms with E-state index in [1.807, 2.05) is 66.9 Å². The third-order valence-corrected chi connectivity index (χ3v) is 7.80. The van der Waals surface area contributed by atoms with E-state index in [1.54, 1.807) is 41.1 Å². The van der Waals surface area contributed by atoms with Crippen LogP contribution in [0.2, 0.25) is 0 Å². The van der Waals surface area contributed by atoms with Crippen molar-refractivity contribution in [1.29, 1.82) is 0 Å². The second kappa shape index (κ2) is 13.6. The lowest BCUT2D eigenvalue weighted by Gasteiger charge is -2.09. The summed E-state index contributed by atoms with van der Waals surface area (Å²) in [7, 11) is 0. The topological polar surface area (TPSA) is 110 Å². The molecule has 0 saturated heterocycles. The molecule has 0 bridgehead atoms. The fourth-order valence-corrected chi connectivity index (χ4v) is 5.39. The minimum Gasteiger partial charge on any atom is -0.493 e. The Kier molecular flexibility index (Phi) is 8.59. The van der Waals surface area contributed by atoms with Crippen molar-refractivity contribution in [1.82, 2.24) is 15.0 Å². The Bertz CT molecular complexity index is 2260. The van der Waals surface area contributed by atoms with Gasteiger partial charge in [-0.25, -0.2) is 4.68 Å². The molecule has 0 radical (unpaired) electrons. The highest BCUT2D eigenvalue weighted by Crippen LogP contribution is 2.29. The molecule has 234 valence electrons. The summed E-state index contributed by atoms with van der Waals surface area (Å²) >= 11 is 0. The summed E-state index contributed by atoms with van der Waals surface area (Å²) in [5.41, 5.74) is 3.26. The standard InChI is InChI=1S/C38H31N3O6/c42-32-23-35(26-10-3-1-4-11-26)46-37-22-29(17-18-30(32)37)44-20-8-7-14-28-25-41(40-39-28)19-21-45-34-16-9-15-31-33(43)24-36(47-38(31)34)27-12-5-2-6-13-27/h1-6,9-13,15-18,22-25H,7-8,14,19-21H2. The highest BCUT2D eigenvalue weighted by atomic mass is 16.5. The summed E-state index contributed by atoms with van der Waals surface area (Å²) in [4.78, 5) is 25.4. The second-order valence-electron chi connectivity index (χ2n) is 11.1. The van der Waals surface area contributed by atoms with Crippen molar-refractivity contribution in [2.45, 2.75) is 25.8 Å². The molecule has 0 aliphatic rings. The molecule has 7 rings (SSSR count). The number of hydrogen-bond acceptors (Lipinski definition) is 8. The van der Waals surface area contributed by atoms with Crippen molar-refractivity contribution in [3.05, 3.63) is 142 Å². The predicted octanol–water partition coefficient (Wildman–Crippen LogP) is 7.31. The molecule has 0 fully saturated rings. The number of benzene rings is 4. The van der Waals surface area contributed by atoms with Crippen LogP contribution in [-0.4, -0.2) is 28.2 Å². The van der Waals surface area contributed by atoms with Crippen LogP contribution in [0.1, 0.15) is 18.5 Å². The van der Waals surface area contributed by atoms with Gasteiger partial charge >= 0.3 is 0 Å². The number of aryl methyl sites for hydroxylation is 1. The van der Waals surface area contributed by atoms with E-state index < -0.39 is 0 Å². The van der Waals surface area contributed by atoms with Gasteiger partial charge in [-0.15, -0.1) is 5.10 Å². The first kappa shape index (κ1) is 29.7. The normalized spacial score (nSPS) is 11.2. The van der Waals surface area contributed by atoms with Crippen LogP contribution >= 0.6 is 0 Å². The SMILES string of the molecule is O=c1cc(-c2ccccc2)oc2cc(OCCCCc3cn(CCOc4cccc5c(=O)cc(-c6ccccc6)oc45)nn3)ccc12. The zero-order chi connectivity index (χ0) is 32.0. The van der Waals surface area contributed by atoms with E-state index in [4.69, 9.17) is 18.3 Å². The molecule has 0 amide bonds. The largest absolute Gasteiger partial charge is 0.493 e. The molecule has 0 N–H and O–H groups in total. The van der Waals surface area contributed by atoms with Crippen LogP contribution in [-0.2, 0) is 13.0 Å². The summed E-state index contributed by atoms with van der Waals surface area (Å²) in [6.07, 6.45) is 4.36. The molecule has 9 heteroatoms. The summed E-state index contributed by atoms with van der Waals surface area (Å²) in [5, 5.41) is 9.52. The van der Waals surface area contributed by atoms with Gasteiger partial charge in [0.2, 0.25) is 0 Å². The molecule has 0 saturated carbocycles. The Morgan fingerprint density at radius 2 is 1.38 bits per heavy atom. The molecule has 0 spiro atoms. The zero-order valence-corrected chi connectivity index (χ0v) is 25.5. The van der Waals surface area contributed by atoms with Crippen LogP contribution in [0.5, 0.6) is 11.5 Å². The lowest BCUT2D eigenvalue weighted by atomic mass is 10.1. The van der Waals surface area contributed by atoms with Gasteiger partial charge in [0.25, 0.3) is 0 Å².